The van der Waals surface area contributed by atoms with Crippen molar-refractivity contribution < 1.29 is 28.9 Å². The van der Waals surface area contributed by atoms with Gasteiger partial charge in [-0.15, -0.1) is 0 Å². The molecule has 0 radical (unpaired) electrons. The molecule has 1 fully saturated rings. The van der Waals surface area contributed by atoms with E-state index in [4.69, 9.17) is 14.2 Å². The Balaban J connectivity index is 1.83. The zero-order chi connectivity index (χ0) is 27.1. The molecule has 1 saturated heterocycles. The smallest absolute Gasteiger partial charge is 0.295 e. The summed E-state index contributed by atoms with van der Waals surface area (Å²) >= 11 is 0. The predicted octanol–water partition coefficient (Wildman–Crippen LogP) is 5.29. The van der Waals surface area contributed by atoms with Crippen molar-refractivity contribution in [3.8, 4) is 17.2 Å². The van der Waals surface area contributed by atoms with Crippen molar-refractivity contribution in [2.75, 3.05) is 20.3 Å². The van der Waals surface area contributed by atoms with Crippen molar-refractivity contribution in [2.24, 2.45) is 0 Å². The molecule has 8 nitrogen and oxygen atoms in total. The first-order chi connectivity index (χ1) is 18.5. The van der Waals surface area contributed by atoms with Crippen molar-refractivity contribution in [2.45, 2.75) is 39.3 Å². The van der Waals surface area contributed by atoms with Crippen LogP contribution in [0.25, 0.3) is 5.76 Å². The quantitative estimate of drug-likeness (QED) is 0.160. The summed E-state index contributed by atoms with van der Waals surface area (Å²) in [6, 6.07) is 14.9. The van der Waals surface area contributed by atoms with E-state index in [9.17, 15) is 14.7 Å². The molecule has 0 bridgehead atoms. The fourth-order valence-corrected chi connectivity index (χ4v) is 4.43. The van der Waals surface area contributed by atoms with Gasteiger partial charge in [-0.25, -0.2) is 0 Å². The lowest BCUT2D eigenvalue weighted by molar-refractivity contribution is -0.140. The molecule has 0 aliphatic carbocycles. The van der Waals surface area contributed by atoms with E-state index in [-0.39, 0.29) is 17.9 Å². The van der Waals surface area contributed by atoms with Crippen molar-refractivity contribution in [1.82, 2.24) is 9.88 Å². The number of hydrogen-bond donors (Lipinski definition) is 1. The van der Waals surface area contributed by atoms with Crippen molar-refractivity contribution in [1.29, 1.82) is 0 Å². The molecule has 4 rings (SSSR count). The maximum Gasteiger partial charge on any atom is 0.295 e. The van der Waals surface area contributed by atoms with E-state index in [2.05, 4.69) is 11.9 Å². The van der Waals surface area contributed by atoms with E-state index in [1.807, 2.05) is 13.0 Å². The third-order valence-electron chi connectivity index (χ3n) is 6.29. The van der Waals surface area contributed by atoms with Crippen LogP contribution in [-0.4, -0.2) is 47.0 Å². The van der Waals surface area contributed by atoms with Gasteiger partial charge >= 0.3 is 0 Å². The van der Waals surface area contributed by atoms with Crippen LogP contribution in [-0.2, 0) is 16.1 Å². The van der Waals surface area contributed by atoms with Crippen molar-refractivity contribution in [3.63, 3.8) is 0 Å². The maximum absolute atomic E-state index is 13.4. The Kier molecular flexibility index (Phi) is 8.63. The fraction of sp³-hybridized carbons (Fsp3) is 0.300. The standard InChI is InChI=1S/C30H32N2O6/c1-4-6-15-38-24-13-12-21(17-25(24)36-3)27-26(28(33)22-10-7-11-23(16-22)37-5-2)29(34)30(35)32(27)19-20-9-8-14-31-18-20/h7-14,16-18,27,33H,4-6,15,19H2,1-3H3/b28-26+. The van der Waals surface area contributed by atoms with Crippen LogP contribution in [0.15, 0.2) is 72.6 Å². The van der Waals surface area contributed by atoms with Gasteiger partial charge in [0.2, 0.25) is 0 Å². The highest BCUT2D eigenvalue weighted by Crippen LogP contribution is 2.43. The van der Waals surface area contributed by atoms with Crippen LogP contribution in [0.5, 0.6) is 17.2 Å². The van der Waals surface area contributed by atoms with Gasteiger partial charge in [0.1, 0.15) is 11.5 Å². The zero-order valence-electron chi connectivity index (χ0n) is 21.8. The van der Waals surface area contributed by atoms with Crippen LogP contribution >= 0.6 is 0 Å². The molecular formula is C30H32N2O6. The van der Waals surface area contributed by atoms with Gasteiger partial charge in [-0.05, 0) is 54.8 Å². The molecular weight excluding hydrogens is 484 g/mol. The number of aromatic nitrogens is 1. The normalized spacial score (nSPS) is 16.5. The van der Waals surface area contributed by atoms with E-state index in [0.717, 1.165) is 18.4 Å². The predicted molar refractivity (Wildman–Crippen MR) is 143 cm³/mol. The Hall–Kier alpha value is -4.33. The number of aliphatic hydroxyl groups excluding tert-OH is 1. The number of likely N-dealkylation sites (tertiary alicyclic amines) is 1. The van der Waals surface area contributed by atoms with Crippen LogP contribution in [0.2, 0.25) is 0 Å². The molecule has 1 unspecified atom stereocenters. The number of nitrogens with zero attached hydrogens (tertiary/aromatic N) is 2. The molecule has 0 saturated carbocycles. The van der Waals surface area contributed by atoms with Crippen LogP contribution in [0.3, 0.4) is 0 Å². The van der Waals surface area contributed by atoms with Crippen LogP contribution < -0.4 is 14.2 Å². The van der Waals surface area contributed by atoms with Crippen molar-refractivity contribution in [3.05, 3.63) is 89.3 Å². The molecule has 38 heavy (non-hydrogen) atoms. The van der Waals surface area contributed by atoms with E-state index in [1.54, 1.807) is 60.9 Å². The summed E-state index contributed by atoms with van der Waals surface area (Å²) in [6.45, 7) is 5.07. The number of ether oxygens (including phenoxy) is 3. The number of hydrogen-bond acceptors (Lipinski definition) is 7. The molecule has 1 atom stereocenters. The summed E-state index contributed by atoms with van der Waals surface area (Å²) in [5.74, 6) is -0.148. The van der Waals surface area contributed by atoms with E-state index in [0.29, 0.717) is 41.6 Å². The second-order valence-electron chi connectivity index (χ2n) is 8.86. The zero-order valence-corrected chi connectivity index (χ0v) is 21.8. The average Bonchev–Trinajstić information content (AvgIpc) is 3.18. The first-order valence-corrected chi connectivity index (χ1v) is 12.7. The Morgan fingerprint density at radius 2 is 1.87 bits per heavy atom. The first kappa shape index (κ1) is 26.7. The minimum Gasteiger partial charge on any atom is -0.507 e. The van der Waals surface area contributed by atoms with Gasteiger partial charge in [-0.2, -0.15) is 0 Å². The second kappa shape index (κ2) is 12.3. The molecule has 1 amide bonds. The molecule has 2 aromatic carbocycles. The molecule has 3 aromatic rings. The molecule has 8 heteroatoms. The number of methoxy groups -OCH3 is 1. The highest BCUT2D eigenvalue weighted by molar-refractivity contribution is 6.46. The summed E-state index contributed by atoms with van der Waals surface area (Å²) in [5, 5.41) is 11.4. The number of aliphatic hydroxyl groups is 1. The molecule has 1 aliphatic rings. The van der Waals surface area contributed by atoms with E-state index >= 15 is 0 Å². The molecule has 1 aromatic heterocycles. The Morgan fingerprint density at radius 1 is 1.03 bits per heavy atom. The second-order valence-corrected chi connectivity index (χ2v) is 8.86. The summed E-state index contributed by atoms with van der Waals surface area (Å²) < 4.78 is 17.0. The van der Waals surface area contributed by atoms with Crippen LogP contribution in [0.4, 0.5) is 0 Å². The maximum atomic E-state index is 13.4. The number of Topliss-reactive ketones (excluding diaryl/α,β-unsaturated/α-hetero) is 1. The fourth-order valence-electron chi connectivity index (χ4n) is 4.43. The van der Waals surface area contributed by atoms with Gasteiger partial charge in [-0.1, -0.05) is 37.6 Å². The number of ketones is 1. The number of rotatable bonds is 11. The largest absolute Gasteiger partial charge is 0.507 e. The van der Waals surface area contributed by atoms with Gasteiger partial charge in [0.25, 0.3) is 11.7 Å². The molecule has 198 valence electrons. The Labute approximate surface area is 222 Å². The Morgan fingerprint density at radius 3 is 2.58 bits per heavy atom. The van der Waals surface area contributed by atoms with Gasteiger partial charge < -0.3 is 24.2 Å². The number of carbonyl (C=O) groups excluding carboxylic acids is 2. The number of pyridine rings is 1. The number of amides is 1. The number of benzene rings is 2. The molecule has 1 N–H and O–H groups in total. The monoisotopic (exact) mass is 516 g/mol. The highest BCUT2D eigenvalue weighted by Gasteiger charge is 2.46. The molecule has 1 aliphatic heterocycles. The third kappa shape index (κ3) is 5.64. The van der Waals surface area contributed by atoms with Gasteiger partial charge in [0, 0.05) is 24.5 Å². The number of carbonyl (C=O) groups is 2. The van der Waals surface area contributed by atoms with Crippen LogP contribution in [0, 0.1) is 0 Å². The summed E-state index contributed by atoms with van der Waals surface area (Å²) in [6.07, 6.45) is 5.18. The Bertz CT molecular complexity index is 1320. The first-order valence-electron chi connectivity index (χ1n) is 12.7. The minimum absolute atomic E-state index is 0.00533. The SMILES string of the molecule is CCCCOc1ccc(C2/C(=C(\O)c3cccc(OCC)c3)C(=O)C(=O)N2Cc2cccnc2)cc1OC. The lowest BCUT2D eigenvalue weighted by Crippen LogP contribution is -2.29. The minimum atomic E-state index is -0.857. The van der Waals surface area contributed by atoms with E-state index in [1.165, 1.54) is 12.0 Å². The topological polar surface area (TPSA) is 98.2 Å². The third-order valence-corrected chi connectivity index (χ3v) is 6.29. The summed E-state index contributed by atoms with van der Waals surface area (Å²) in [4.78, 5) is 32.3. The average molecular weight is 517 g/mol. The molecule has 0 spiro atoms. The number of unbranched alkanes of at least 4 members (excludes halogenated alkanes) is 1. The summed E-state index contributed by atoms with van der Waals surface area (Å²) in [5.41, 5.74) is 1.74. The van der Waals surface area contributed by atoms with Gasteiger partial charge in [-0.3, -0.25) is 14.6 Å². The molecule has 2 heterocycles. The lowest BCUT2D eigenvalue weighted by atomic mass is 9.94. The van der Waals surface area contributed by atoms with Crippen LogP contribution in [0.1, 0.15) is 49.4 Å². The summed E-state index contributed by atoms with van der Waals surface area (Å²) in [7, 11) is 1.54. The van der Waals surface area contributed by atoms with Crippen molar-refractivity contribution >= 4 is 17.4 Å². The van der Waals surface area contributed by atoms with Gasteiger partial charge in [0.15, 0.2) is 11.5 Å². The van der Waals surface area contributed by atoms with Gasteiger partial charge in [0.05, 0.1) is 31.9 Å². The highest BCUT2D eigenvalue weighted by atomic mass is 16.5. The lowest BCUT2D eigenvalue weighted by Gasteiger charge is -2.26. The van der Waals surface area contributed by atoms with E-state index < -0.39 is 17.7 Å².